The Morgan fingerprint density at radius 2 is 1.90 bits per heavy atom. The second-order valence-electron chi connectivity index (χ2n) is 6.70. The largest absolute Gasteiger partial charge is 0.481 e. The van der Waals surface area contributed by atoms with E-state index in [0.717, 1.165) is 27.6 Å². The van der Waals surface area contributed by atoms with Crippen LogP contribution in [0.5, 0.6) is 0 Å². The third kappa shape index (κ3) is 4.91. The lowest BCUT2D eigenvalue weighted by Gasteiger charge is -2.06. The Labute approximate surface area is 183 Å². The number of carboxylic acid groups (broad SMARTS) is 1. The lowest BCUT2D eigenvalue weighted by molar-refractivity contribution is -0.138. The summed E-state index contributed by atoms with van der Waals surface area (Å²) in [5.41, 5.74) is 1.91. The summed E-state index contributed by atoms with van der Waals surface area (Å²) in [5, 5.41) is 9.53. The van der Waals surface area contributed by atoms with Crippen LogP contribution >= 0.6 is 23.1 Å². The number of thioether (sulfide) groups is 1. The summed E-state index contributed by atoms with van der Waals surface area (Å²) in [5.74, 6) is -0.221. The highest BCUT2D eigenvalue weighted by Crippen LogP contribution is 2.35. The van der Waals surface area contributed by atoms with Crippen molar-refractivity contribution < 1.29 is 27.5 Å². The molecule has 1 N–H and O–H groups in total. The molecule has 0 aliphatic heterocycles. The van der Waals surface area contributed by atoms with Gasteiger partial charge in [-0.2, -0.15) is 13.2 Å². The summed E-state index contributed by atoms with van der Waals surface area (Å²) in [7, 11) is 0. The third-order valence-corrected chi connectivity index (χ3v) is 6.84. The number of thiazole rings is 1. The van der Waals surface area contributed by atoms with Crippen molar-refractivity contribution in [1.29, 1.82) is 0 Å². The van der Waals surface area contributed by atoms with Gasteiger partial charge in [-0.05, 0) is 37.3 Å². The van der Waals surface area contributed by atoms with E-state index in [2.05, 4.69) is 9.97 Å². The zero-order valence-corrected chi connectivity index (χ0v) is 17.7. The van der Waals surface area contributed by atoms with Gasteiger partial charge in [0.25, 0.3) is 0 Å². The first kappa shape index (κ1) is 21.4. The van der Waals surface area contributed by atoms with Crippen LogP contribution in [0.2, 0.25) is 0 Å². The van der Waals surface area contributed by atoms with Crippen molar-refractivity contribution in [1.82, 2.24) is 9.97 Å². The molecule has 0 unspecified atom stereocenters. The van der Waals surface area contributed by atoms with E-state index >= 15 is 0 Å². The van der Waals surface area contributed by atoms with E-state index in [1.807, 2.05) is 19.1 Å². The van der Waals surface area contributed by atoms with Gasteiger partial charge in [0, 0.05) is 21.1 Å². The number of aliphatic carboxylic acids is 1. The number of alkyl halides is 3. The molecular formula is C21H15F3N2O3S2. The number of carboxylic acids is 1. The fourth-order valence-corrected chi connectivity index (χ4v) is 5.02. The highest BCUT2D eigenvalue weighted by molar-refractivity contribution is 7.98. The molecule has 160 valence electrons. The monoisotopic (exact) mass is 464 g/mol. The van der Waals surface area contributed by atoms with Gasteiger partial charge in [0.2, 0.25) is 5.89 Å². The number of nitrogens with zero attached hydrogens (tertiary/aromatic N) is 2. The molecule has 4 aromatic rings. The maximum Gasteiger partial charge on any atom is 0.416 e. The standard InChI is InChI=1S/C21H15F3N2O3S2/c1-11-17(31-20(25-11)12-2-4-13(5-3-12)21(22,23)24)10-30-14-6-7-15-16(8-14)29-18(26-15)9-19(27)28/h2-8H,9-10H2,1H3,(H,27,28). The van der Waals surface area contributed by atoms with Crippen molar-refractivity contribution in [2.75, 3.05) is 0 Å². The van der Waals surface area contributed by atoms with Crippen molar-refractivity contribution in [3.63, 3.8) is 0 Å². The molecular weight excluding hydrogens is 449 g/mol. The van der Waals surface area contributed by atoms with Crippen molar-refractivity contribution in [3.05, 3.63) is 64.5 Å². The zero-order chi connectivity index (χ0) is 22.2. The highest BCUT2D eigenvalue weighted by atomic mass is 32.2. The second-order valence-corrected chi connectivity index (χ2v) is 8.83. The topological polar surface area (TPSA) is 76.2 Å². The number of halogens is 3. The number of aromatic nitrogens is 2. The van der Waals surface area contributed by atoms with E-state index < -0.39 is 17.7 Å². The number of oxazole rings is 1. The number of benzene rings is 2. The Morgan fingerprint density at radius 3 is 2.58 bits per heavy atom. The molecule has 0 amide bonds. The van der Waals surface area contributed by atoms with Crippen LogP contribution in [0.3, 0.4) is 0 Å². The van der Waals surface area contributed by atoms with Gasteiger partial charge in [0.15, 0.2) is 5.58 Å². The van der Waals surface area contributed by atoms with Gasteiger partial charge in [-0.15, -0.1) is 23.1 Å². The van der Waals surface area contributed by atoms with Crippen LogP contribution in [0, 0.1) is 6.92 Å². The minimum Gasteiger partial charge on any atom is -0.481 e. The quantitative estimate of drug-likeness (QED) is 0.343. The van der Waals surface area contributed by atoms with Gasteiger partial charge in [-0.25, -0.2) is 9.97 Å². The van der Waals surface area contributed by atoms with E-state index in [1.54, 1.807) is 17.8 Å². The van der Waals surface area contributed by atoms with Crippen LogP contribution in [0.15, 0.2) is 51.8 Å². The molecule has 0 aliphatic carbocycles. The van der Waals surface area contributed by atoms with E-state index in [0.29, 0.717) is 27.4 Å². The first-order valence-corrected chi connectivity index (χ1v) is 10.9. The fourth-order valence-electron chi connectivity index (χ4n) is 2.88. The molecule has 0 radical (unpaired) electrons. The van der Waals surface area contributed by atoms with Crippen molar-refractivity contribution >= 4 is 40.2 Å². The minimum absolute atomic E-state index is 0.157. The molecule has 0 aliphatic rings. The molecule has 0 atom stereocenters. The summed E-state index contributed by atoms with van der Waals surface area (Å²) < 4.78 is 43.8. The SMILES string of the molecule is Cc1nc(-c2ccc(C(F)(F)F)cc2)sc1CSc1ccc2nc(CC(=O)O)oc2c1. The molecule has 0 saturated heterocycles. The van der Waals surface area contributed by atoms with Gasteiger partial charge >= 0.3 is 12.1 Å². The van der Waals surface area contributed by atoms with E-state index in [-0.39, 0.29) is 12.3 Å². The van der Waals surface area contributed by atoms with E-state index in [9.17, 15) is 18.0 Å². The highest BCUT2D eigenvalue weighted by Gasteiger charge is 2.30. The summed E-state index contributed by atoms with van der Waals surface area (Å²) in [6, 6.07) is 10.5. The summed E-state index contributed by atoms with van der Waals surface area (Å²) in [4.78, 5) is 21.4. The lowest BCUT2D eigenvalue weighted by Crippen LogP contribution is -2.03. The Kier molecular flexibility index (Phi) is 5.76. The molecule has 0 saturated carbocycles. The van der Waals surface area contributed by atoms with Gasteiger partial charge in [-0.3, -0.25) is 4.79 Å². The van der Waals surface area contributed by atoms with Crippen LogP contribution < -0.4 is 0 Å². The van der Waals surface area contributed by atoms with Crippen LogP contribution in [-0.2, 0) is 23.1 Å². The second kappa shape index (κ2) is 8.35. The van der Waals surface area contributed by atoms with Gasteiger partial charge in [0.05, 0.1) is 11.3 Å². The molecule has 0 bridgehead atoms. The lowest BCUT2D eigenvalue weighted by atomic mass is 10.1. The van der Waals surface area contributed by atoms with Gasteiger partial charge in [0.1, 0.15) is 16.9 Å². The predicted molar refractivity (Wildman–Crippen MR) is 112 cm³/mol. The summed E-state index contributed by atoms with van der Waals surface area (Å²) in [6.07, 6.45) is -4.64. The Hall–Kier alpha value is -2.85. The average molecular weight is 464 g/mol. The van der Waals surface area contributed by atoms with Gasteiger partial charge in [-0.1, -0.05) is 12.1 Å². The fraction of sp³-hybridized carbons (Fsp3) is 0.190. The molecule has 31 heavy (non-hydrogen) atoms. The third-order valence-electron chi connectivity index (χ3n) is 4.43. The molecule has 5 nitrogen and oxygen atoms in total. The number of aryl methyl sites for hydroxylation is 1. The number of hydrogen-bond acceptors (Lipinski definition) is 6. The number of rotatable bonds is 6. The number of hydrogen-bond donors (Lipinski definition) is 1. The Balaban J connectivity index is 1.48. The molecule has 10 heteroatoms. The molecule has 2 aromatic heterocycles. The van der Waals surface area contributed by atoms with Crippen LogP contribution in [0.25, 0.3) is 21.7 Å². The van der Waals surface area contributed by atoms with Crippen LogP contribution in [0.4, 0.5) is 13.2 Å². The summed E-state index contributed by atoms with van der Waals surface area (Å²) in [6.45, 7) is 1.87. The Bertz CT molecular complexity index is 1250. The normalized spacial score (nSPS) is 11.9. The number of carbonyl (C=O) groups is 1. The molecule has 4 rings (SSSR count). The first-order valence-electron chi connectivity index (χ1n) is 9.07. The summed E-state index contributed by atoms with van der Waals surface area (Å²) >= 11 is 3.00. The van der Waals surface area contributed by atoms with E-state index in [4.69, 9.17) is 9.52 Å². The van der Waals surface area contributed by atoms with E-state index in [1.165, 1.54) is 23.5 Å². The smallest absolute Gasteiger partial charge is 0.416 e. The van der Waals surface area contributed by atoms with Crippen molar-refractivity contribution in [2.24, 2.45) is 0 Å². The van der Waals surface area contributed by atoms with Crippen molar-refractivity contribution in [3.8, 4) is 10.6 Å². The predicted octanol–water partition coefficient (Wildman–Crippen LogP) is 6.20. The Morgan fingerprint density at radius 1 is 1.16 bits per heavy atom. The maximum atomic E-state index is 12.8. The maximum absolute atomic E-state index is 12.8. The van der Waals surface area contributed by atoms with Crippen LogP contribution in [0.1, 0.15) is 22.0 Å². The minimum atomic E-state index is -4.36. The van der Waals surface area contributed by atoms with Crippen molar-refractivity contribution in [2.45, 2.75) is 30.2 Å². The first-order chi connectivity index (χ1) is 14.7. The van der Waals surface area contributed by atoms with Crippen LogP contribution in [-0.4, -0.2) is 21.0 Å². The molecule has 2 aromatic carbocycles. The molecule has 0 fully saturated rings. The molecule has 2 heterocycles. The average Bonchev–Trinajstić information content (AvgIpc) is 3.27. The number of fused-ring (bicyclic) bond motifs is 1. The van der Waals surface area contributed by atoms with Gasteiger partial charge < -0.3 is 9.52 Å². The molecule has 0 spiro atoms. The zero-order valence-electron chi connectivity index (χ0n) is 16.1.